The molecule has 0 aromatic carbocycles. The second kappa shape index (κ2) is 4.69. The van der Waals surface area contributed by atoms with Gasteiger partial charge in [0.1, 0.15) is 0 Å². The van der Waals surface area contributed by atoms with E-state index in [1.807, 2.05) is 14.0 Å². The predicted molar refractivity (Wildman–Crippen MR) is 44.1 cm³/mol. The Balaban J connectivity index is 3.46. The highest BCUT2D eigenvalue weighted by atomic mass is 16.3. The molecule has 1 atom stereocenters. The zero-order chi connectivity index (χ0) is 8.15. The van der Waals surface area contributed by atoms with Gasteiger partial charge in [0.05, 0.1) is 6.10 Å². The Bertz CT molecular complexity index is 83.3. The van der Waals surface area contributed by atoms with Crippen molar-refractivity contribution in [2.24, 2.45) is 0 Å². The fourth-order valence-electron chi connectivity index (χ4n) is 0.672. The van der Waals surface area contributed by atoms with Crippen molar-refractivity contribution < 1.29 is 5.11 Å². The average Bonchev–Trinajstić information content (AvgIpc) is 1.87. The molecule has 0 saturated heterocycles. The van der Waals surface area contributed by atoms with E-state index < -0.39 is 0 Å². The number of aliphatic hydroxyl groups is 1. The lowest BCUT2D eigenvalue weighted by Crippen LogP contribution is -2.33. The van der Waals surface area contributed by atoms with Crippen molar-refractivity contribution in [3.05, 3.63) is 0 Å². The van der Waals surface area contributed by atoms with E-state index in [4.69, 9.17) is 0 Å². The maximum atomic E-state index is 9.24. The summed E-state index contributed by atoms with van der Waals surface area (Å²) < 4.78 is 0. The van der Waals surface area contributed by atoms with Crippen molar-refractivity contribution in [1.29, 1.82) is 0 Å². The molecule has 2 nitrogen and oxygen atoms in total. The molecule has 0 radical (unpaired) electrons. The number of hydrogen-bond acceptors (Lipinski definition) is 2. The van der Waals surface area contributed by atoms with Crippen LogP contribution in [0.4, 0.5) is 0 Å². The van der Waals surface area contributed by atoms with Gasteiger partial charge in [0, 0.05) is 12.6 Å². The molecule has 1 N–H and O–H groups in total. The molecule has 0 aromatic rings. The van der Waals surface area contributed by atoms with Gasteiger partial charge in [0.15, 0.2) is 0 Å². The predicted octanol–water partition coefficient (Wildman–Crippen LogP) is 1.10. The molecule has 0 rings (SSSR count). The quantitative estimate of drug-likeness (QED) is 0.640. The lowest BCUT2D eigenvalue weighted by Gasteiger charge is -2.23. The zero-order valence-electron chi connectivity index (χ0n) is 7.46. The largest absolute Gasteiger partial charge is 0.392 e. The lowest BCUT2D eigenvalue weighted by atomic mass is 10.2. The molecule has 0 spiro atoms. The van der Waals surface area contributed by atoms with Crippen molar-refractivity contribution in [1.82, 2.24) is 4.90 Å². The summed E-state index contributed by atoms with van der Waals surface area (Å²) in [6.45, 7) is 7.04. The van der Waals surface area contributed by atoms with Crippen LogP contribution in [-0.4, -0.2) is 35.7 Å². The van der Waals surface area contributed by atoms with Gasteiger partial charge in [-0.3, -0.25) is 0 Å². The first kappa shape index (κ1) is 9.92. The molecule has 0 aliphatic carbocycles. The highest BCUT2D eigenvalue weighted by Gasteiger charge is 2.07. The molecule has 62 valence electrons. The molecule has 0 aromatic heterocycles. The van der Waals surface area contributed by atoms with Crippen LogP contribution in [0.1, 0.15) is 27.2 Å². The molecule has 0 heterocycles. The second-order valence-electron chi connectivity index (χ2n) is 3.10. The number of rotatable bonds is 4. The Hall–Kier alpha value is -0.0800. The van der Waals surface area contributed by atoms with Gasteiger partial charge in [-0.1, -0.05) is 6.92 Å². The molecule has 0 amide bonds. The lowest BCUT2D eigenvalue weighted by molar-refractivity contribution is 0.109. The minimum absolute atomic E-state index is 0.160. The van der Waals surface area contributed by atoms with Crippen LogP contribution in [0.15, 0.2) is 0 Å². The van der Waals surface area contributed by atoms with Crippen LogP contribution in [0.2, 0.25) is 0 Å². The highest BCUT2D eigenvalue weighted by Crippen LogP contribution is 1.97. The second-order valence-corrected chi connectivity index (χ2v) is 3.10. The molecule has 0 saturated carbocycles. The van der Waals surface area contributed by atoms with Crippen LogP contribution < -0.4 is 0 Å². The normalized spacial score (nSPS) is 14.7. The summed E-state index contributed by atoms with van der Waals surface area (Å²) >= 11 is 0. The van der Waals surface area contributed by atoms with Gasteiger partial charge in [-0.2, -0.15) is 0 Å². The van der Waals surface area contributed by atoms with Gasteiger partial charge in [0.2, 0.25) is 0 Å². The molecule has 0 aliphatic rings. The number of likely N-dealkylation sites (N-methyl/N-ethyl adjacent to an activating group) is 1. The number of hydrogen-bond donors (Lipinski definition) is 1. The van der Waals surface area contributed by atoms with Gasteiger partial charge < -0.3 is 10.0 Å². The van der Waals surface area contributed by atoms with Crippen LogP contribution in [0.3, 0.4) is 0 Å². The van der Waals surface area contributed by atoms with Crippen molar-refractivity contribution in [3.63, 3.8) is 0 Å². The highest BCUT2D eigenvalue weighted by molar-refractivity contribution is 4.62. The summed E-state index contributed by atoms with van der Waals surface area (Å²) in [7, 11) is 2.03. The van der Waals surface area contributed by atoms with Crippen LogP contribution in [0.25, 0.3) is 0 Å². The van der Waals surface area contributed by atoms with E-state index in [2.05, 4.69) is 18.7 Å². The minimum atomic E-state index is -0.160. The Kier molecular flexibility index (Phi) is 4.65. The van der Waals surface area contributed by atoms with Gasteiger partial charge in [-0.15, -0.1) is 0 Å². The van der Waals surface area contributed by atoms with E-state index in [-0.39, 0.29) is 6.10 Å². The summed E-state index contributed by atoms with van der Waals surface area (Å²) in [6, 6.07) is 0.529. The molecular weight excluding hydrogens is 126 g/mol. The third kappa shape index (κ3) is 3.85. The molecule has 2 heteroatoms. The van der Waals surface area contributed by atoms with E-state index in [0.29, 0.717) is 6.04 Å². The summed E-state index contributed by atoms with van der Waals surface area (Å²) in [5.41, 5.74) is 0. The first-order valence-corrected chi connectivity index (χ1v) is 3.96. The Labute approximate surface area is 63.8 Å². The van der Waals surface area contributed by atoms with Crippen LogP contribution in [0.5, 0.6) is 0 Å². The fourth-order valence-corrected chi connectivity index (χ4v) is 0.672. The van der Waals surface area contributed by atoms with E-state index in [1.165, 1.54) is 0 Å². The fraction of sp³-hybridized carbons (Fsp3) is 1.00. The Morgan fingerprint density at radius 2 is 1.90 bits per heavy atom. The van der Waals surface area contributed by atoms with Crippen molar-refractivity contribution >= 4 is 0 Å². The van der Waals surface area contributed by atoms with Gasteiger partial charge in [-0.25, -0.2) is 0 Å². The van der Waals surface area contributed by atoms with Crippen molar-refractivity contribution in [2.45, 2.75) is 39.3 Å². The van der Waals surface area contributed by atoms with E-state index in [9.17, 15) is 5.11 Å². The summed E-state index contributed by atoms with van der Waals surface area (Å²) in [5, 5.41) is 9.24. The third-order valence-electron chi connectivity index (χ3n) is 1.85. The monoisotopic (exact) mass is 145 g/mol. The standard InChI is InChI=1S/C8H19NO/c1-5-8(10)6-9(4)7(2)3/h7-8,10H,5-6H2,1-4H3/t8-/m0/s1. The molecular formula is C8H19NO. The SMILES string of the molecule is CC[C@H](O)CN(C)C(C)C. The third-order valence-corrected chi connectivity index (χ3v) is 1.85. The van der Waals surface area contributed by atoms with E-state index >= 15 is 0 Å². The van der Waals surface area contributed by atoms with Crippen molar-refractivity contribution in [3.8, 4) is 0 Å². The van der Waals surface area contributed by atoms with Gasteiger partial charge >= 0.3 is 0 Å². The number of nitrogens with zero attached hydrogens (tertiary/aromatic N) is 1. The Morgan fingerprint density at radius 3 is 2.20 bits per heavy atom. The maximum Gasteiger partial charge on any atom is 0.0664 e. The zero-order valence-corrected chi connectivity index (χ0v) is 7.46. The van der Waals surface area contributed by atoms with Crippen LogP contribution in [0, 0.1) is 0 Å². The molecule has 0 bridgehead atoms. The first-order valence-electron chi connectivity index (χ1n) is 3.96. The smallest absolute Gasteiger partial charge is 0.0664 e. The summed E-state index contributed by atoms with van der Waals surface area (Å²) in [6.07, 6.45) is 0.684. The Morgan fingerprint density at radius 1 is 1.40 bits per heavy atom. The van der Waals surface area contributed by atoms with E-state index in [1.54, 1.807) is 0 Å². The van der Waals surface area contributed by atoms with Gasteiger partial charge in [0.25, 0.3) is 0 Å². The first-order chi connectivity index (χ1) is 4.57. The van der Waals surface area contributed by atoms with Crippen LogP contribution in [-0.2, 0) is 0 Å². The van der Waals surface area contributed by atoms with Gasteiger partial charge in [-0.05, 0) is 27.3 Å². The average molecular weight is 145 g/mol. The minimum Gasteiger partial charge on any atom is -0.392 e. The van der Waals surface area contributed by atoms with E-state index in [0.717, 1.165) is 13.0 Å². The van der Waals surface area contributed by atoms with Crippen molar-refractivity contribution in [2.75, 3.05) is 13.6 Å². The molecule has 0 aliphatic heterocycles. The topological polar surface area (TPSA) is 23.5 Å². The number of aliphatic hydroxyl groups excluding tert-OH is 1. The summed E-state index contributed by atoms with van der Waals surface area (Å²) in [4.78, 5) is 2.15. The molecule has 10 heavy (non-hydrogen) atoms. The molecule has 0 unspecified atom stereocenters. The van der Waals surface area contributed by atoms with Crippen LogP contribution >= 0.6 is 0 Å². The molecule has 0 fully saturated rings. The maximum absolute atomic E-state index is 9.24. The summed E-state index contributed by atoms with van der Waals surface area (Å²) in [5.74, 6) is 0.